The molecule has 1 aliphatic rings. The van der Waals surface area contributed by atoms with Crippen LogP contribution in [0, 0.1) is 10.7 Å². The highest BCUT2D eigenvalue weighted by molar-refractivity contribution is 8.03. The van der Waals surface area contributed by atoms with Crippen molar-refractivity contribution in [3.63, 3.8) is 0 Å². The number of aliphatic carboxylic acids is 4. The zero-order valence-electron chi connectivity index (χ0n) is 22.4. The number of hydrogen-bond acceptors (Lipinski definition) is 10. The van der Waals surface area contributed by atoms with Gasteiger partial charge in [0.1, 0.15) is 5.40 Å². The number of thioether (sulfide) groups is 1. The summed E-state index contributed by atoms with van der Waals surface area (Å²) in [4.78, 5) is 54.1. The van der Waals surface area contributed by atoms with Crippen molar-refractivity contribution < 1.29 is 39.6 Å². The fourth-order valence-corrected chi connectivity index (χ4v) is 5.21. The van der Waals surface area contributed by atoms with E-state index in [1.165, 1.54) is 0 Å². The van der Waals surface area contributed by atoms with Crippen LogP contribution in [0.4, 0.5) is 0 Å². The Morgan fingerprint density at radius 3 is 1.70 bits per heavy atom. The van der Waals surface area contributed by atoms with Crippen molar-refractivity contribution in [3.05, 3.63) is 29.8 Å². The van der Waals surface area contributed by atoms with E-state index in [1.54, 1.807) is 19.6 Å². The molecule has 0 radical (unpaired) electrons. The monoisotopic (exact) mass is 579 g/mol. The SMILES string of the molecule is N#CSc1ccc(CC2CN(CC(=O)O)CCCN(CC(=O)O)CCN(CC(=O)O)CCCN2CC(=O)O)cc1. The average Bonchev–Trinajstić information content (AvgIpc) is 2.85. The molecule has 14 heteroatoms. The number of hydrogen-bond donors (Lipinski definition) is 4. The molecule has 13 nitrogen and oxygen atoms in total. The Hall–Kier alpha value is -3.22. The Bertz CT molecular complexity index is 1030. The molecule has 0 bridgehead atoms. The number of carbonyl (C=O) groups is 4. The molecule has 1 aliphatic heterocycles. The Morgan fingerprint density at radius 1 is 0.725 bits per heavy atom. The maximum atomic E-state index is 11.8. The maximum absolute atomic E-state index is 11.8. The molecule has 4 N–H and O–H groups in total. The minimum absolute atomic E-state index is 0.213. The van der Waals surface area contributed by atoms with E-state index < -0.39 is 23.9 Å². The van der Waals surface area contributed by atoms with E-state index in [4.69, 9.17) is 5.26 Å². The fourth-order valence-electron chi connectivity index (χ4n) is 4.84. The molecule has 2 rings (SSSR count). The van der Waals surface area contributed by atoms with E-state index in [0.717, 1.165) is 22.2 Å². The van der Waals surface area contributed by atoms with Crippen LogP contribution in [0.3, 0.4) is 0 Å². The van der Waals surface area contributed by atoms with Gasteiger partial charge >= 0.3 is 23.9 Å². The lowest BCUT2D eigenvalue weighted by molar-refractivity contribution is -0.141. The maximum Gasteiger partial charge on any atom is 0.317 e. The lowest BCUT2D eigenvalue weighted by Gasteiger charge is -2.36. The van der Waals surface area contributed by atoms with Crippen molar-refractivity contribution in [2.75, 3.05) is 72.0 Å². The number of carboxylic acid groups (broad SMARTS) is 4. The Balaban J connectivity index is 2.36. The predicted octanol–water partition coefficient (Wildman–Crippen LogP) is 0.511. The summed E-state index contributed by atoms with van der Waals surface area (Å²) in [7, 11) is 0. The third-order valence-electron chi connectivity index (χ3n) is 6.56. The highest BCUT2D eigenvalue weighted by atomic mass is 32.2. The van der Waals surface area contributed by atoms with Gasteiger partial charge in [0.2, 0.25) is 0 Å². The molecule has 40 heavy (non-hydrogen) atoms. The number of nitriles is 1. The smallest absolute Gasteiger partial charge is 0.317 e. The van der Waals surface area contributed by atoms with Crippen LogP contribution in [-0.2, 0) is 25.6 Å². The molecule has 220 valence electrons. The summed E-state index contributed by atoms with van der Waals surface area (Å²) in [6.07, 6.45) is 1.38. The first kappa shape index (κ1) is 33.0. The van der Waals surface area contributed by atoms with Crippen LogP contribution in [0.25, 0.3) is 0 Å². The van der Waals surface area contributed by atoms with Gasteiger partial charge in [0.15, 0.2) is 0 Å². The first-order valence-electron chi connectivity index (χ1n) is 13.0. The zero-order chi connectivity index (χ0) is 29.5. The second-order valence-corrected chi connectivity index (χ2v) is 10.6. The summed E-state index contributed by atoms with van der Waals surface area (Å²) in [5, 5.41) is 48.9. The largest absolute Gasteiger partial charge is 0.480 e. The van der Waals surface area contributed by atoms with Gasteiger partial charge in [-0.15, -0.1) is 0 Å². The van der Waals surface area contributed by atoms with Gasteiger partial charge in [0.05, 0.1) is 26.2 Å². The van der Waals surface area contributed by atoms with Gasteiger partial charge in [-0.3, -0.25) is 38.8 Å². The van der Waals surface area contributed by atoms with E-state index in [-0.39, 0.29) is 38.8 Å². The van der Waals surface area contributed by atoms with Gasteiger partial charge in [-0.25, -0.2) is 0 Å². The van der Waals surface area contributed by atoms with Crippen molar-refractivity contribution in [1.82, 2.24) is 19.6 Å². The third-order valence-corrected chi connectivity index (χ3v) is 7.16. The standard InChI is InChI=1S/C26H37N5O8S/c27-19-40-22-5-3-20(4-6-22)13-21-14-30(17-25(36)37)9-1-7-28(15-23(32)33)11-12-29(16-24(34)35)8-2-10-31(21)18-26(38)39/h3-6,21H,1-2,7-18H2,(H,32,33)(H,34,35)(H,36,37)(H,38,39). The second kappa shape index (κ2) is 17.5. The lowest BCUT2D eigenvalue weighted by Crippen LogP contribution is -2.50. The molecule has 1 fully saturated rings. The molecular formula is C26H37N5O8S. The van der Waals surface area contributed by atoms with E-state index in [2.05, 4.69) is 0 Å². The minimum Gasteiger partial charge on any atom is -0.480 e. The van der Waals surface area contributed by atoms with Crippen molar-refractivity contribution in [1.29, 1.82) is 5.26 Å². The van der Waals surface area contributed by atoms with Crippen LogP contribution in [0.5, 0.6) is 0 Å². The van der Waals surface area contributed by atoms with Crippen molar-refractivity contribution in [2.45, 2.75) is 30.2 Å². The highest BCUT2D eigenvalue weighted by Gasteiger charge is 2.26. The molecule has 1 aromatic carbocycles. The molecule has 0 aromatic heterocycles. The molecule has 0 amide bonds. The Morgan fingerprint density at radius 2 is 1.20 bits per heavy atom. The van der Waals surface area contributed by atoms with E-state index in [0.29, 0.717) is 58.5 Å². The Labute approximate surface area is 237 Å². The summed E-state index contributed by atoms with van der Waals surface area (Å²) in [6.45, 7) is 1.43. The molecule has 1 atom stereocenters. The quantitative estimate of drug-likeness (QED) is 0.210. The second-order valence-electron chi connectivity index (χ2n) is 9.74. The summed E-state index contributed by atoms with van der Waals surface area (Å²) in [6, 6.07) is 6.98. The summed E-state index contributed by atoms with van der Waals surface area (Å²) >= 11 is 1.03. The van der Waals surface area contributed by atoms with Gasteiger partial charge in [-0.05, 0) is 48.7 Å². The van der Waals surface area contributed by atoms with Crippen LogP contribution in [-0.4, -0.2) is 142 Å². The van der Waals surface area contributed by atoms with Crippen molar-refractivity contribution in [3.8, 4) is 5.40 Å². The average molecular weight is 580 g/mol. The van der Waals surface area contributed by atoms with Gasteiger partial charge in [0, 0.05) is 56.8 Å². The van der Waals surface area contributed by atoms with Crippen LogP contribution in [0.2, 0.25) is 0 Å². The summed E-state index contributed by atoms with van der Waals surface area (Å²) in [5.74, 6) is -4.05. The van der Waals surface area contributed by atoms with Gasteiger partial charge < -0.3 is 20.4 Å². The van der Waals surface area contributed by atoms with Gasteiger partial charge in [-0.2, -0.15) is 5.26 Å². The number of thiocyanates is 1. The molecule has 1 unspecified atom stereocenters. The third kappa shape index (κ3) is 13.2. The topological polar surface area (TPSA) is 186 Å². The molecular weight excluding hydrogens is 542 g/mol. The van der Waals surface area contributed by atoms with E-state index in [1.807, 2.05) is 29.7 Å². The summed E-state index contributed by atoms with van der Waals surface area (Å²) in [5.41, 5.74) is 0.902. The fraction of sp³-hybridized carbons (Fsp3) is 0.577. The van der Waals surface area contributed by atoms with Crippen LogP contribution < -0.4 is 0 Å². The highest BCUT2D eigenvalue weighted by Crippen LogP contribution is 2.19. The lowest BCUT2D eigenvalue weighted by atomic mass is 10.0. The first-order chi connectivity index (χ1) is 19.0. The van der Waals surface area contributed by atoms with Gasteiger partial charge in [-0.1, -0.05) is 12.1 Å². The van der Waals surface area contributed by atoms with Crippen LogP contribution in [0.15, 0.2) is 29.2 Å². The molecule has 0 aliphatic carbocycles. The van der Waals surface area contributed by atoms with E-state index >= 15 is 0 Å². The molecule has 0 saturated carbocycles. The Kier molecular flexibility index (Phi) is 14.4. The van der Waals surface area contributed by atoms with Crippen LogP contribution in [0.1, 0.15) is 18.4 Å². The molecule has 1 aromatic rings. The normalized spacial score (nSPS) is 19.3. The van der Waals surface area contributed by atoms with Crippen molar-refractivity contribution >= 4 is 35.6 Å². The van der Waals surface area contributed by atoms with Crippen LogP contribution >= 0.6 is 11.8 Å². The first-order valence-corrected chi connectivity index (χ1v) is 13.8. The molecule has 0 spiro atoms. The number of nitrogens with zero attached hydrogens (tertiary/aromatic N) is 5. The summed E-state index contributed by atoms with van der Waals surface area (Å²) < 4.78 is 0. The van der Waals surface area contributed by atoms with Crippen molar-refractivity contribution in [2.24, 2.45) is 0 Å². The van der Waals surface area contributed by atoms with Gasteiger partial charge in [0.25, 0.3) is 0 Å². The number of benzene rings is 1. The number of carboxylic acids is 4. The zero-order valence-corrected chi connectivity index (χ0v) is 23.2. The molecule has 1 heterocycles. The molecule has 1 saturated heterocycles. The number of rotatable bonds is 11. The predicted molar refractivity (Wildman–Crippen MR) is 146 cm³/mol. The van der Waals surface area contributed by atoms with E-state index in [9.17, 15) is 39.6 Å². The minimum atomic E-state index is -1.02.